The summed E-state index contributed by atoms with van der Waals surface area (Å²) in [5, 5.41) is 8.71. The monoisotopic (exact) mass is 399 g/mol. The van der Waals surface area contributed by atoms with Crippen LogP contribution in [0, 0.1) is 6.92 Å². The van der Waals surface area contributed by atoms with Gasteiger partial charge in [-0.2, -0.15) is 0 Å². The minimum absolute atomic E-state index is 0.235. The molecule has 0 spiro atoms. The zero-order valence-corrected chi connectivity index (χ0v) is 16.2. The maximum Gasteiger partial charge on any atom is 0.280 e. The summed E-state index contributed by atoms with van der Waals surface area (Å²) >= 11 is 7.68. The van der Waals surface area contributed by atoms with E-state index in [0.717, 1.165) is 16.9 Å². The van der Waals surface area contributed by atoms with E-state index in [1.165, 1.54) is 11.3 Å². The number of aryl methyl sites for hydroxylation is 1. The number of aromatic nitrogens is 3. The average molecular weight is 400 g/mol. The predicted octanol–water partition coefficient (Wildman–Crippen LogP) is 4.69. The van der Waals surface area contributed by atoms with E-state index in [-0.39, 0.29) is 11.9 Å². The quantitative estimate of drug-likeness (QED) is 0.563. The van der Waals surface area contributed by atoms with Crippen molar-refractivity contribution >= 4 is 40.4 Å². The number of amides is 1. The van der Waals surface area contributed by atoms with E-state index in [1.54, 1.807) is 36.1 Å². The first-order valence-electron chi connectivity index (χ1n) is 8.23. The highest BCUT2D eigenvalue weighted by molar-refractivity contribution is 7.11. The smallest absolute Gasteiger partial charge is 0.280 e. The number of thiazole rings is 1. The number of pyridine rings is 2. The maximum atomic E-state index is 12.3. The van der Waals surface area contributed by atoms with Gasteiger partial charge in [-0.15, -0.1) is 17.9 Å². The number of nitrogens with one attached hydrogen (secondary N) is 2. The van der Waals surface area contributed by atoms with Crippen LogP contribution in [0.4, 0.5) is 11.5 Å². The molecule has 0 aliphatic heterocycles. The third-order valence-corrected chi connectivity index (χ3v) is 4.83. The Morgan fingerprint density at radius 1 is 1.33 bits per heavy atom. The average Bonchev–Trinajstić information content (AvgIpc) is 3.20. The van der Waals surface area contributed by atoms with Crippen LogP contribution in [-0.4, -0.2) is 20.9 Å². The van der Waals surface area contributed by atoms with Crippen LogP contribution in [-0.2, 0) is 0 Å². The molecule has 0 bridgehead atoms. The first-order valence-corrected chi connectivity index (χ1v) is 9.49. The van der Waals surface area contributed by atoms with Crippen LogP contribution in [0.25, 0.3) is 0 Å². The van der Waals surface area contributed by atoms with E-state index in [9.17, 15) is 4.79 Å². The second kappa shape index (κ2) is 8.75. The third-order valence-electron chi connectivity index (χ3n) is 3.77. The fourth-order valence-electron chi connectivity index (χ4n) is 2.41. The molecule has 1 atom stereocenters. The van der Waals surface area contributed by atoms with Gasteiger partial charge in [0.15, 0.2) is 5.01 Å². The lowest BCUT2D eigenvalue weighted by Crippen LogP contribution is -2.28. The Kier molecular flexibility index (Phi) is 6.16. The molecule has 3 aromatic rings. The van der Waals surface area contributed by atoms with E-state index in [1.807, 2.05) is 19.1 Å². The highest BCUT2D eigenvalue weighted by Crippen LogP contribution is 2.27. The van der Waals surface area contributed by atoms with Crippen LogP contribution in [0.3, 0.4) is 0 Å². The highest BCUT2D eigenvalue weighted by atomic mass is 35.5. The van der Waals surface area contributed by atoms with Crippen molar-refractivity contribution < 1.29 is 4.79 Å². The molecule has 0 radical (unpaired) electrons. The zero-order valence-electron chi connectivity index (χ0n) is 14.6. The molecule has 8 heteroatoms. The van der Waals surface area contributed by atoms with Gasteiger partial charge in [-0.1, -0.05) is 17.7 Å². The number of halogens is 1. The molecule has 3 aromatic heterocycles. The van der Waals surface area contributed by atoms with Gasteiger partial charge in [0.25, 0.3) is 5.91 Å². The van der Waals surface area contributed by atoms with Gasteiger partial charge in [-0.05, 0) is 37.1 Å². The Balaban J connectivity index is 1.77. The Bertz CT molecular complexity index is 928. The molecule has 6 nitrogen and oxygen atoms in total. The lowest BCUT2D eigenvalue weighted by Gasteiger charge is -2.18. The van der Waals surface area contributed by atoms with Crippen molar-refractivity contribution in [2.45, 2.75) is 19.4 Å². The maximum absolute atomic E-state index is 12.3. The Labute approximate surface area is 166 Å². The zero-order chi connectivity index (χ0) is 19.2. The van der Waals surface area contributed by atoms with E-state index in [4.69, 9.17) is 11.6 Å². The molecule has 0 saturated heterocycles. The first kappa shape index (κ1) is 19.0. The SMILES string of the molecule is C=CC[C@@H](NC(=O)c1nccs1)c1cnc(Nc2ccc(C)nc2)c(Cl)c1. The second-order valence-corrected chi connectivity index (χ2v) is 7.10. The largest absolute Gasteiger partial charge is 0.343 e. The summed E-state index contributed by atoms with van der Waals surface area (Å²) in [5.41, 5.74) is 2.51. The molecule has 3 heterocycles. The van der Waals surface area contributed by atoms with E-state index in [0.29, 0.717) is 22.3 Å². The summed E-state index contributed by atoms with van der Waals surface area (Å²) < 4.78 is 0. The summed E-state index contributed by atoms with van der Waals surface area (Å²) in [7, 11) is 0. The molecular formula is C19H18ClN5OS. The van der Waals surface area contributed by atoms with Crippen LogP contribution in [0.15, 0.2) is 54.8 Å². The number of hydrogen-bond acceptors (Lipinski definition) is 6. The number of carbonyl (C=O) groups is 1. The second-order valence-electron chi connectivity index (χ2n) is 5.80. The summed E-state index contributed by atoms with van der Waals surface area (Å²) in [6, 6.07) is 5.30. The Morgan fingerprint density at radius 2 is 2.19 bits per heavy atom. The van der Waals surface area contributed by atoms with Crippen LogP contribution in [0.2, 0.25) is 5.02 Å². The number of anilines is 2. The van der Waals surface area contributed by atoms with Gasteiger partial charge in [-0.25, -0.2) is 9.97 Å². The van der Waals surface area contributed by atoms with Gasteiger partial charge >= 0.3 is 0 Å². The fraction of sp³-hybridized carbons (Fsp3) is 0.158. The van der Waals surface area contributed by atoms with Crippen molar-refractivity contribution in [2.75, 3.05) is 5.32 Å². The number of hydrogen-bond donors (Lipinski definition) is 2. The van der Waals surface area contributed by atoms with Crippen molar-refractivity contribution in [1.29, 1.82) is 0 Å². The van der Waals surface area contributed by atoms with Crippen molar-refractivity contribution in [1.82, 2.24) is 20.3 Å². The lowest BCUT2D eigenvalue weighted by molar-refractivity contribution is 0.0936. The van der Waals surface area contributed by atoms with Crippen molar-refractivity contribution in [3.63, 3.8) is 0 Å². The molecule has 1 amide bonds. The van der Waals surface area contributed by atoms with Crippen molar-refractivity contribution in [3.05, 3.63) is 76.1 Å². The Hall–Kier alpha value is -2.77. The first-order chi connectivity index (χ1) is 13.1. The van der Waals surface area contributed by atoms with Gasteiger partial charge < -0.3 is 10.6 Å². The molecule has 0 fully saturated rings. The minimum atomic E-state index is -0.293. The molecule has 0 unspecified atom stereocenters. The van der Waals surface area contributed by atoms with Crippen LogP contribution < -0.4 is 10.6 Å². The topological polar surface area (TPSA) is 79.8 Å². The fourth-order valence-corrected chi connectivity index (χ4v) is 3.17. The molecule has 0 aliphatic rings. The van der Waals surface area contributed by atoms with E-state index >= 15 is 0 Å². The molecule has 138 valence electrons. The van der Waals surface area contributed by atoms with Gasteiger partial charge in [-0.3, -0.25) is 9.78 Å². The predicted molar refractivity (Wildman–Crippen MR) is 109 cm³/mol. The molecule has 3 rings (SSSR count). The van der Waals surface area contributed by atoms with Crippen molar-refractivity contribution in [2.24, 2.45) is 0 Å². The normalized spacial score (nSPS) is 11.6. The third kappa shape index (κ3) is 4.90. The van der Waals surface area contributed by atoms with Crippen LogP contribution in [0.5, 0.6) is 0 Å². The Morgan fingerprint density at radius 3 is 2.81 bits per heavy atom. The standard InChI is InChI=1S/C19H18ClN5OS/c1-3-4-16(25-18(26)19-21-7-8-27-19)13-9-15(20)17(23-10-13)24-14-6-5-12(2)22-11-14/h3,5-11,16H,1,4H2,2H3,(H,23,24)(H,25,26)/t16-/m1/s1. The van der Waals surface area contributed by atoms with Crippen molar-refractivity contribution in [3.8, 4) is 0 Å². The van der Waals surface area contributed by atoms with Crippen LogP contribution >= 0.6 is 22.9 Å². The molecular weight excluding hydrogens is 382 g/mol. The summed E-state index contributed by atoms with van der Waals surface area (Å²) in [5.74, 6) is 0.288. The molecule has 27 heavy (non-hydrogen) atoms. The minimum Gasteiger partial charge on any atom is -0.343 e. The summed E-state index contributed by atoms with van der Waals surface area (Å²) in [6.45, 7) is 5.68. The van der Waals surface area contributed by atoms with E-state index < -0.39 is 0 Å². The number of nitrogens with zero attached hydrogens (tertiary/aromatic N) is 3. The van der Waals surface area contributed by atoms with Gasteiger partial charge in [0, 0.05) is 23.5 Å². The number of rotatable bonds is 7. The van der Waals surface area contributed by atoms with Gasteiger partial charge in [0.2, 0.25) is 0 Å². The molecule has 0 aromatic carbocycles. The summed E-state index contributed by atoms with van der Waals surface area (Å²) in [4.78, 5) is 25.0. The summed E-state index contributed by atoms with van der Waals surface area (Å²) in [6.07, 6.45) is 7.29. The molecule has 0 saturated carbocycles. The van der Waals surface area contributed by atoms with Gasteiger partial charge in [0.05, 0.1) is 22.9 Å². The lowest BCUT2D eigenvalue weighted by atomic mass is 10.1. The highest BCUT2D eigenvalue weighted by Gasteiger charge is 2.18. The molecule has 2 N–H and O–H groups in total. The number of carbonyl (C=O) groups excluding carboxylic acids is 1. The van der Waals surface area contributed by atoms with E-state index in [2.05, 4.69) is 32.2 Å². The molecule has 0 aliphatic carbocycles. The van der Waals surface area contributed by atoms with Gasteiger partial charge in [0.1, 0.15) is 5.82 Å². The van der Waals surface area contributed by atoms with Crippen LogP contribution in [0.1, 0.15) is 33.5 Å².